The Morgan fingerprint density at radius 3 is 2.58 bits per heavy atom. The Kier molecular flexibility index (Phi) is 4.77. The van der Waals surface area contributed by atoms with E-state index in [1.54, 1.807) is 0 Å². The van der Waals surface area contributed by atoms with Crippen LogP contribution in [0, 0.1) is 0 Å². The zero-order chi connectivity index (χ0) is 17.9. The second-order valence-corrected chi connectivity index (χ2v) is 6.86. The number of nitrogens with one attached hydrogen (secondary N) is 1. The van der Waals surface area contributed by atoms with Crippen LogP contribution < -0.4 is 0 Å². The summed E-state index contributed by atoms with van der Waals surface area (Å²) in [5.74, 6) is 0.995. The molecule has 0 unspecified atom stereocenters. The van der Waals surface area contributed by atoms with Gasteiger partial charge in [0.2, 0.25) is 0 Å². The highest BCUT2D eigenvalue weighted by Crippen LogP contribution is 2.31. The molecule has 3 aromatic rings. The van der Waals surface area contributed by atoms with Crippen LogP contribution in [0.4, 0.5) is 8.78 Å². The van der Waals surface area contributed by atoms with Gasteiger partial charge in [0.1, 0.15) is 11.5 Å². The number of nitrogens with zero attached hydrogens (tertiary/aromatic N) is 4. The monoisotopic (exact) mass is 357 g/mol. The number of aromatic nitrogens is 5. The second-order valence-electron chi connectivity index (χ2n) is 6.86. The summed E-state index contributed by atoms with van der Waals surface area (Å²) in [6, 6.07) is 7.68. The molecule has 26 heavy (non-hydrogen) atoms. The molecule has 0 saturated heterocycles. The van der Waals surface area contributed by atoms with Crippen LogP contribution in [0.15, 0.2) is 36.7 Å². The Hall–Kier alpha value is -2.57. The highest BCUT2D eigenvalue weighted by molar-refractivity contribution is 5.55. The Morgan fingerprint density at radius 2 is 1.88 bits per heavy atom. The highest BCUT2D eigenvalue weighted by atomic mass is 19.3. The maximum Gasteiger partial charge on any atom is 0.279 e. The van der Waals surface area contributed by atoms with Crippen LogP contribution in [0.25, 0.3) is 11.4 Å². The minimum Gasteiger partial charge on any atom is -0.337 e. The average Bonchev–Trinajstić information content (AvgIpc) is 3.33. The number of H-pyrrole nitrogens is 1. The van der Waals surface area contributed by atoms with Gasteiger partial charge in [-0.25, -0.2) is 18.4 Å². The fourth-order valence-electron chi connectivity index (χ4n) is 3.52. The molecule has 4 rings (SSSR count). The van der Waals surface area contributed by atoms with Crippen LogP contribution in [0.5, 0.6) is 0 Å². The van der Waals surface area contributed by atoms with Gasteiger partial charge < -0.3 is 4.98 Å². The zero-order valence-corrected chi connectivity index (χ0v) is 14.4. The van der Waals surface area contributed by atoms with Crippen LogP contribution >= 0.6 is 0 Å². The maximum absolute atomic E-state index is 12.7. The summed E-state index contributed by atoms with van der Waals surface area (Å²) in [4.78, 5) is 6.66. The van der Waals surface area contributed by atoms with E-state index in [0.717, 1.165) is 16.8 Å². The number of aromatic amines is 1. The number of hydrogen-bond acceptors (Lipinski definition) is 3. The van der Waals surface area contributed by atoms with E-state index in [1.165, 1.54) is 38.3 Å². The first-order chi connectivity index (χ1) is 12.7. The van der Waals surface area contributed by atoms with Gasteiger partial charge >= 0.3 is 0 Å². The molecule has 1 aliphatic carbocycles. The van der Waals surface area contributed by atoms with Crippen molar-refractivity contribution in [3.63, 3.8) is 0 Å². The third-order valence-corrected chi connectivity index (χ3v) is 4.98. The predicted molar refractivity (Wildman–Crippen MR) is 93.9 cm³/mol. The fourth-order valence-corrected chi connectivity index (χ4v) is 3.52. The summed E-state index contributed by atoms with van der Waals surface area (Å²) in [5.41, 5.74) is 2.79. The molecule has 5 nitrogen and oxygen atoms in total. The van der Waals surface area contributed by atoms with E-state index in [4.69, 9.17) is 0 Å². The molecule has 7 heteroatoms. The summed E-state index contributed by atoms with van der Waals surface area (Å²) in [5, 5.41) is 8.60. The topological polar surface area (TPSA) is 59.4 Å². The van der Waals surface area contributed by atoms with Crippen molar-refractivity contribution in [3.05, 3.63) is 53.6 Å². The lowest BCUT2D eigenvalue weighted by Crippen LogP contribution is -2.04. The molecule has 0 aliphatic heterocycles. The Bertz CT molecular complexity index is 847. The van der Waals surface area contributed by atoms with Crippen molar-refractivity contribution in [2.24, 2.45) is 0 Å². The average molecular weight is 357 g/mol. The van der Waals surface area contributed by atoms with E-state index in [9.17, 15) is 8.78 Å². The molecule has 0 spiro atoms. The molecule has 1 aromatic carbocycles. The lowest BCUT2D eigenvalue weighted by atomic mass is 9.87. The van der Waals surface area contributed by atoms with E-state index >= 15 is 0 Å². The first-order valence-electron chi connectivity index (χ1n) is 9.01. The number of rotatable bonds is 5. The summed E-state index contributed by atoms with van der Waals surface area (Å²) in [6.07, 6.45) is 6.97. The molecule has 2 aromatic heterocycles. The smallest absolute Gasteiger partial charge is 0.279 e. The van der Waals surface area contributed by atoms with Gasteiger partial charge in [-0.15, -0.1) is 5.10 Å². The second kappa shape index (κ2) is 7.35. The SMILES string of the molecule is FC(F)c1cnc(-c2ccc(Cn3cc(C4CCCCC4)nn3)cc2)[nH]1. The molecule has 1 aliphatic rings. The van der Waals surface area contributed by atoms with Gasteiger partial charge in [0.15, 0.2) is 0 Å². The van der Waals surface area contributed by atoms with Crippen LogP contribution in [-0.4, -0.2) is 25.0 Å². The third kappa shape index (κ3) is 3.66. The molecule has 0 radical (unpaired) electrons. The number of imidazole rings is 1. The summed E-state index contributed by atoms with van der Waals surface area (Å²) in [7, 11) is 0. The van der Waals surface area contributed by atoms with Gasteiger partial charge in [0, 0.05) is 17.7 Å². The van der Waals surface area contributed by atoms with Gasteiger partial charge in [-0.3, -0.25) is 0 Å². The van der Waals surface area contributed by atoms with Crippen molar-refractivity contribution in [1.82, 2.24) is 25.0 Å². The molecule has 1 fully saturated rings. The Balaban J connectivity index is 1.43. The summed E-state index contributed by atoms with van der Waals surface area (Å²) in [6.45, 7) is 0.639. The van der Waals surface area contributed by atoms with Crippen LogP contribution in [0.1, 0.15) is 61.4 Å². The van der Waals surface area contributed by atoms with Gasteiger partial charge in [-0.1, -0.05) is 48.7 Å². The lowest BCUT2D eigenvalue weighted by molar-refractivity contribution is 0.146. The normalized spacial score (nSPS) is 15.7. The van der Waals surface area contributed by atoms with Crippen molar-refractivity contribution < 1.29 is 8.78 Å². The lowest BCUT2D eigenvalue weighted by Gasteiger charge is -2.18. The predicted octanol–water partition coefficient (Wildman–Crippen LogP) is 4.70. The molecule has 0 atom stereocenters. The first kappa shape index (κ1) is 16.9. The number of halogens is 2. The Labute approximate surface area is 150 Å². The highest BCUT2D eigenvalue weighted by Gasteiger charge is 2.18. The summed E-state index contributed by atoms with van der Waals surface area (Å²) >= 11 is 0. The van der Waals surface area contributed by atoms with Gasteiger partial charge in [-0.2, -0.15) is 0 Å². The minimum atomic E-state index is -2.54. The standard InChI is InChI=1S/C19H21F2N5/c20-18(21)16-10-22-19(23-16)15-8-6-13(7-9-15)11-26-12-17(24-25-26)14-4-2-1-3-5-14/h6-10,12,14,18H,1-5,11H2,(H,22,23). The van der Waals surface area contributed by atoms with Crippen molar-refractivity contribution in [2.75, 3.05) is 0 Å². The van der Waals surface area contributed by atoms with E-state index in [1.807, 2.05) is 35.1 Å². The van der Waals surface area contributed by atoms with Crippen LogP contribution in [0.3, 0.4) is 0 Å². The van der Waals surface area contributed by atoms with Gasteiger partial charge in [-0.05, 0) is 18.4 Å². The first-order valence-corrected chi connectivity index (χ1v) is 9.01. The number of hydrogen-bond donors (Lipinski definition) is 1. The van der Waals surface area contributed by atoms with Crippen LogP contribution in [-0.2, 0) is 6.54 Å². The molecule has 1 N–H and O–H groups in total. The van der Waals surface area contributed by atoms with Gasteiger partial charge in [0.25, 0.3) is 6.43 Å². The minimum absolute atomic E-state index is 0.165. The Morgan fingerprint density at radius 1 is 1.12 bits per heavy atom. The molecular weight excluding hydrogens is 336 g/mol. The van der Waals surface area contributed by atoms with E-state index in [0.29, 0.717) is 18.3 Å². The largest absolute Gasteiger partial charge is 0.337 e. The van der Waals surface area contributed by atoms with Gasteiger partial charge in [0.05, 0.1) is 18.4 Å². The molecule has 1 saturated carbocycles. The third-order valence-electron chi connectivity index (χ3n) is 4.98. The zero-order valence-electron chi connectivity index (χ0n) is 14.4. The van der Waals surface area contributed by atoms with E-state index in [-0.39, 0.29) is 5.69 Å². The van der Waals surface area contributed by atoms with E-state index < -0.39 is 6.43 Å². The van der Waals surface area contributed by atoms with Crippen molar-refractivity contribution >= 4 is 0 Å². The molecule has 2 heterocycles. The molecule has 136 valence electrons. The molecule has 0 bridgehead atoms. The van der Waals surface area contributed by atoms with E-state index in [2.05, 4.69) is 20.3 Å². The number of alkyl halides is 2. The maximum atomic E-state index is 12.7. The quantitative estimate of drug-likeness (QED) is 0.720. The van der Waals surface area contributed by atoms with Crippen molar-refractivity contribution in [3.8, 4) is 11.4 Å². The molecular formula is C19H21F2N5. The van der Waals surface area contributed by atoms with Crippen molar-refractivity contribution in [1.29, 1.82) is 0 Å². The summed E-state index contributed by atoms with van der Waals surface area (Å²) < 4.78 is 27.2. The molecule has 0 amide bonds. The fraction of sp³-hybridized carbons (Fsp3) is 0.421. The number of benzene rings is 1. The van der Waals surface area contributed by atoms with Crippen LogP contribution in [0.2, 0.25) is 0 Å². The van der Waals surface area contributed by atoms with Crippen molar-refractivity contribution in [2.45, 2.75) is 51.0 Å².